The molecule has 0 fully saturated rings. The molecular weight excluding hydrogens is 363 g/mol. The highest BCUT2D eigenvalue weighted by Crippen LogP contribution is 2.44. The first-order valence-corrected chi connectivity index (χ1v) is 9.88. The second-order valence-electron chi connectivity index (χ2n) is 8.52. The zero-order valence-corrected chi connectivity index (χ0v) is 18.0. The average Bonchev–Trinajstić information content (AvgIpc) is 2.50. The number of hydrogen-bond acceptors (Lipinski definition) is 5. The van der Waals surface area contributed by atoms with Gasteiger partial charge >= 0.3 is 8.60 Å². The molecule has 0 atom stereocenters. The molecule has 0 spiro atoms. The van der Waals surface area contributed by atoms with Crippen molar-refractivity contribution in [3.63, 3.8) is 0 Å². The number of para-hydroxylation sites is 2. The van der Waals surface area contributed by atoms with E-state index in [9.17, 15) is 9.79 Å². The van der Waals surface area contributed by atoms with Crippen LogP contribution in [0, 0.1) is 6.92 Å². The van der Waals surface area contributed by atoms with E-state index in [1.54, 1.807) is 12.1 Å². The molecular formula is C21H31O5P. The van der Waals surface area contributed by atoms with Crippen LogP contribution in [0.15, 0.2) is 36.4 Å². The Hall–Kier alpha value is -1.81. The first kappa shape index (κ1) is 23.2. The van der Waals surface area contributed by atoms with Crippen LogP contribution in [0.25, 0.3) is 0 Å². The summed E-state index contributed by atoms with van der Waals surface area (Å²) in [6.07, 6.45) is 0. The first-order chi connectivity index (χ1) is 12.2. The molecule has 4 N–H and O–H groups in total. The van der Waals surface area contributed by atoms with E-state index in [0.29, 0.717) is 5.75 Å². The monoisotopic (exact) mass is 394 g/mol. The summed E-state index contributed by atoms with van der Waals surface area (Å²) >= 11 is 0. The number of phenols is 2. The molecule has 0 bridgehead atoms. The van der Waals surface area contributed by atoms with Crippen LogP contribution in [0.3, 0.4) is 0 Å². The highest BCUT2D eigenvalue weighted by molar-refractivity contribution is 7.39. The molecule has 0 aromatic heterocycles. The molecule has 0 heterocycles. The number of benzene rings is 2. The summed E-state index contributed by atoms with van der Waals surface area (Å²) < 4.78 is 5.36. The molecule has 2 aromatic rings. The van der Waals surface area contributed by atoms with Crippen molar-refractivity contribution in [2.24, 2.45) is 0 Å². The maximum absolute atomic E-state index is 9.25. The zero-order valence-electron chi connectivity index (χ0n) is 17.1. The van der Waals surface area contributed by atoms with Crippen LogP contribution in [-0.4, -0.2) is 20.0 Å². The van der Waals surface area contributed by atoms with Crippen molar-refractivity contribution < 1.29 is 24.5 Å². The Labute approximate surface area is 163 Å². The van der Waals surface area contributed by atoms with E-state index in [2.05, 4.69) is 60.6 Å². The average molecular weight is 394 g/mol. The lowest BCUT2D eigenvalue weighted by atomic mass is 9.78. The molecule has 6 heteroatoms. The van der Waals surface area contributed by atoms with E-state index in [1.165, 1.54) is 12.1 Å². The Kier molecular flexibility index (Phi) is 7.67. The summed E-state index contributed by atoms with van der Waals surface area (Å²) in [7, 11) is -2.41. The van der Waals surface area contributed by atoms with Crippen LogP contribution >= 0.6 is 8.60 Å². The normalized spacial score (nSPS) is 11.8. The van der Waals surface area contributed by atoms with Crippen molar-refractivity contribution in [3.05, 3.63) is 53.1 Å². The van der Waals surface area contributed by atoms with Crippen LogP contribution < -0.4 is 4.52 Å². The van der Waals surface area contributed by atoms with Gasteiger partial charge in [0.1, 0.15) is 5.75 Å². The van der Waals surface area contributed by atoms with E-state index >= 15 is 0 Å². The predicted molar refractivity (Wildman–Crippen MR) is 110 cm³/mol. The van der Waals surface area contributed by atoms with Crippen LogP contribution in [0.1, 0.15) is 58.2 Å². The largest absolute Gasteiger partial charge is 0.504 e. The van der Waals surface area contributed by atoms with Gasteiger partial charge in [-0.1, -0.05) is 71.4 Å². The van der Waals surface area contributed by atoms with Gasteiger partial charge in [0.25, 0.3) is 0 Å². The predicted octanol–water partition coefficient (Wildman–Crippen LogP) is 5.28. The highest BCUT2D eigenvalue weighted by Gasteiger charge is 2.28. The van der Waals surface area contributed by atoms with Crippen molar-refractivity contribution in [2.45, 2.75) is 59.3 Å². The van der Waals surface area contributed by atoms with Gasteiger partial charge in [-0.15, -0.1) is 0 Å². The molecule has 0 aliphatic rings. The molecule has 0 radical (unpaired) electrons. The fourth-order valence-corrected chi connectivity index (χ4v) is 2.89. The summed E-state index contributed by atoms with van der Waals surface area (Å²) in [6, 6.07) is 10.3. The van der Waals surface area contributed by atoms with Gasteiger partial charge in [-0.3, -0.25) is 0 Å². The van der Waals surface area contributed by atoms with Crippen LogP contribution in [0.4, 0.5) is 0 Å². The fraction of sp³-hybridized carbons (Fsp3) is 0.429. The lowest BCUT2D eigenvalue weighted by molar-refractivity contribution is 0.364. The SMILES string of the molecule is Cc1cc(C(C)(C)C)c(OP(O)O)c(C(C)(C)C)c1.Oc1ccccc1O. The van der Waals surface area contributed by atoms with E-state index in [1.807, 2.05) is 0 Å². The molecule has 150 valence electrons. The van der Waals surface area contributed by atoms with Crippen molar-refractivity contribution in [1.82, 2.24) is 0 Å². The Balaban J connectivity index is 0.000000377. The van der Waals surface area contributed by atoms with Crippen molar-refractivity contribution >= 4 is 8.60 Å². The minimum absolute atomic E-state index is 0.0764. The van der Waals surface area contributed by atoms with Gasteiger partial charge in [-0.25, -0.2) is 0 Å². The zero-order chi connectivity index (χ0) is 21.0. The Morgan fingerprint density at radius 1 is 0.778 bits per heavy atom. The maximum Gasteiger partial charge on any atom is 0.391 e. The number of rotatable bonds is 2. The van der Waals surface area contributed by atoms with Gasteiger partial charge in [-0.2, -0.15) is 0 Å². The Morgan fingerprint density at radius 2 is 1.15 bits per heavy atom. The molecule has 2 rings (SSSR count). The Morgan fingerprint density at radius 3 is 1.41 bits per heavy atom. The topological polar surface area (TPSA) is 90.2 Å². The number of aromatic hydroxyl groups is 2. The summed E-state index contributed by atoms with van der Waals surface area (Å²) in [5, 5.41) is 17.3. The molecule has 2 aromatic carbocycles. The fourth-order valence-electron chi connectivity index (χ4n) is 2.53. The number of hydrogen-bond donors (Lipinski definition) is 4. The summed E-state index contributed by atoms with van der Waals surface area (Å²) in [5.74, 6) is 0.460. The van der Waals surface area contributed by atoms with Gasteiger partial charge in [0, 0.05) is 11.1 Å². The molecule has 0 unspecified atom stereocenters. The lowest BCUT2D eigenvalue weighted by Crippen LogP contribution is -2.19. The third kappa shape index (κ3) is 7.02. The summed E-state index contributed by atoms with van der Waals surface area (Å²) in [5.41, 5.74) is 2.93. The van der Waals surface area contributed by atoms with Gasteiger partial charge in [-0.05, 0) is 29.9 Å². The molecule has 0 aliphatic carbocycles. The first-order valence-electron chi connectivity index (χ1n) is 8.72. The minimum atomic E-state index is -2.41. The van der Waals surface area contributed by atoms with E-state index in [4.69, 9.17) is 14.7 Å². The van der Waals surface area contributed by atoms with Crippen molar-refractivity contribution in [3.8, 4) is 17.2 Å². The minimum Gasteiger partial charge on any atom is -0.504 e. The summed E-state index contributed by atoms with van der Waals surface area (Å²) in [4.78, 5) is 18.5. The van der Waals surface area contributed by atoms with E-state index < -0.39 is 8.60 Å². The number of phenolic OH excluding ortho intramolecular Hbond substituents is 2. The highest BCUT2D eigenvalue weighted by atomic mass is 31.2. The van der Waals surface area contributed by atoms with Gasteiger partial charge in [0.15, 0.2) is 11.5 Å². The van der Waals surface area contributed by atoms with Gasteiger partial charge in [0.2, 0.25) is 0 Å². The Bertz CT molecular complexity index is 702. The van der Waals surface area contributed by atoms with Crippen LogP contribution in [-0.2, 0) is 10.8 Å². The van der Waals surface area contributed by atoms with Crippen LogP contribution in [0.2, 0.25) is 0 Å². The molecule has 5 nitrogen and oxygen atoms in total. The van der Waals surface area contributed by atoms with Gasteiger partial charge < -0.3 is 24.5 Å². The van der Waals surface area contributed by atoms with E-state index in [-0.39, 0.29) is 22.3 Å². The smallest absolute Gasteiger partial charge is 0.391 e. The third-order valence-corrected chi connectivity index (χ3v) is 4.25. The molecule has 0 amide bonds. The van der Waals surface area contributed by atoms with Crippen molar-refractivity contribution in [2.75, 3.05) is 0 Å². The van der Waals surface area contributed by atoms with Gasteiger partial charge in [0.05, 0.1) is 0 Å². The molecule has 0 aliphatic heterocycles. The quantitative estimate of drug-likeness (QED) is 0.411. The third-order valence-electron chi connectivity index (χ3n) is 3.90. The maximum atomic E-state index is 9.25. The molecule has 0 saturated carbocycles. The van der Waals surface area contributed by atoms with Crippen molar-refractivity contribution in [1.29, 1.82) is 0 Å². The van der Waals surface area contributed by atoms with Crippen LogP contribution in [0.5, 0.6) is 17.2 Å². The molecule has 0 saturated heterocycles. The van der Waals surface area contributed by atoms with E-state index in [0.717, 1.165) is 16.7 Å². The molecule has 27 heavy (non-hydrogen) atoms. The number of aryl methyl sites for hydroxylation is 1. The standard InChI is InChI=1S/C15H25O3P.C6H6O2/c1-10-8-11(14(2,3)4)13(18-19(16)17)12(9-10)15(5,6)7;7-5-3-1-2-4-6(5)8/h8-9,16-17H,1-7H3;1-4,7-8H. The second-order valence-corrected chi connectivity index (χ2v) is 9.21. The summed E-state index contributed by atoms with van der Waals surface area (Å²) in [6.45, 7) is 14.6. The lowest BCUT2D eigenvalue weighted by Gasteiger charge is -2.30. The second kappa shape index (κ2) is 8.92.